The number of aldehydes is 1. The molecule has 0 spiro atoms. The number of hydrogen-bond acceptors (Lipinski definition) is 6. The molecule has 0 aliphatic rings. The summed E-state index contributed by atoms with van der Waals surface area (Å²) in [6.07, 6.45) is 0.506. The van der Waals surface area contributed by atoms with Crippen LogP contribution in [0.3, 0.4) is 0 Å². The molecule has 0 saturated carbocycles. The van der Waals surface area contributed by atoms with Crippen molar-refractivity contribution in [1.29, 1.82) is 5.41 Å². The van der Waals surface area contributed by atoms with E-state index in [-0.39, 0.29) is 5.89 Å². The Kier molecular flexibility index (Phi) is 3.18. The summed E-state index contributed by atoms with van der Waals surface area (Å²) in [7, 11) is 1.78. The average molecular weight is 244 g/mol. The van der Waals surface area contributed by atoms with Crippen molar-refractivity contribution in [3.05, 3.63) is 29.7 Å². The summed E-state index contributed by atoms with van der Waals surface area (Å²) in [6.45, 7) is 1.72. The molecule has 0 unspecified atom stereocenters. The Morgan fingerprint density at radius 1 is 1.50 bits per heavy atom. The van der Waals surface area contributed by atoms with Crippen LogP contribution in [-0.4, -0.2) is 29.2 Å². The third kappa shape index (κ3) is 2.13. The maximum absolute atomic E-state index is 10.5. The van der Waals surface area contributed by atoms with Gasteiger partial charge in [-0.05, 0) is 13.0 Å². The number of nitrogens with zero attached hydrogens (tertiary/aromatic N) is 2. The second-order valence-electron chi connectivity index (χ2n) is 3.71. The zero-order valence-electron chi connectivity index (χ0n) is 10.0. The highest BCUT2D eigenvalue weighted by Crippen LogP contribution is 2.23. The molecule has 6 heteroatoms. The molecule has 6 nitrogen and oxygen atoms in total. The van der Waals surface area contributed by atoms with Gasteiger partial charge in [-0.1, -0.05) is 17.3 Å². The van der Waals surface area contributed by atoms with Crippen LogP contribution in [0.25, 0.3) is 11.4 Å². The minimum absolute atomic E-state index is 0.0525. The average Bonchev–Trinajstić information content (AvgIpc) is 2.86. The third-order valence-electron chi connectivity index (χ3n) is 2.49. The van der Waals surface area contributed by atoms with Gasteiger partial charge < -0.3 is 15.2 Å². The molecule has 0 radical (unpaired) electrons. The first kappa shape index (κ1) is 12.0. The highest BCUT2D eigenvalue weighted by atomic mass is 16.5. The molecule has 0 amide bonds. The maximum atomic E-state index is 10.5. The van der Waals surface area contributed by atoms with E-state index in [0.717, 1.165) is 16.8 Å². The van der Waals surface area contributed by atoms with E-state index in [2.05, 4.69) is 15.5 Å². The first-order valence-electron chi connectivity index (χ1n) is 5.32. The number of nitrogens with one attached hydrogen (secondary N) is 2. The first-order chi connectivity index (χ1) is 8.65. The van der Waals surface area contributed by atoms with Crippen LogP contribution in [0.4, 0.5) is 5.69 Å². The molecule has 0 saturated heterocycles. The molecule has 1 aromatic heterocycles. The molecule has 1 heterocycles. The van der Waals surface area contributed by atoms with Gasteiger partial charge in [0, 0.05) is 29.6 Å². The molecule has 2 N–H and O–H groups in total. The Labute approximate surface area is 104 Å². The Bertz CT molecular complexity index is 604. The van der Waals surface area contributed by atoms with Crippen molar-refractivity contribution in [2.24, 2.45) is 0 Å². The van der Waals surface area contributed by atoms with E-state index in [1.54, 1.807) is 26.1 Å². The molecular formula is C12H12N4O2. The second kappa shape index (κ2) is 4.79. The molecule has 92 valence electrons. The lowest BCUT2D eigenvalue weighted by Crippen LogP contribution is -2.00. The van der Waals surface area contributed by atoms with Crippen molar-refractivity contribution in [3.8, 4) is 11.4 Å². The quantitative estimate of drug-likeness (QED) is 0.633. The van der Waals surface area contributed by atoms with Gasteiger partial charge in [-0.2, -0.15) is 4.98 Å². The SMILES string of the molecule is CNc1cc(-c2noc(C=O)n2)ccc1C(C)=N. The van der Waals surface area contributed by atoms with E-state index < -0.39 is 0 Å². The van der Waals surface area contributed by atoms with E-state index in [1.165, 1.54) is 0 Å². The van der Waals surface area contributed by atoms with E-state index in [1.807, 2.05) is 6.07 Å². The minimum atomic E-state index is -0.0525. The fraction of sp³-hybridized carbons (Fsp3) is 0.167. The minimum Gasteiger partial charge on any atom is -0.388 e. The zero-order valence-corrected chi connectivity index (χ0v) is 10.0. The summed E-state index contributed by atoms with van der Waals surface area (Å²) >= 11 is 0. The molecule has 1 aromatic carbocycles. The molecule has 2 rings (SSSR count). The smallest absolute Gasteiger partial charge is 0.291 e. The Morgan fingerprint density at radius 2 is 2.28 bits per heavy atom. The topological polar surface area (TPSA) is 91.9 Å². The first-order valence-corrected chi connectivity index (χ1v) is 5.32. The molecular weight excluding hydrogens is 232 g/mol. The van der Waals surface area contributed by atoms with Gasteiger partial charge in [-0.25, -0.2) is 0 Å². The van der Waals surface area contributed by atoms with E-state index >= 15 is 0 Å². The number of hydrogen-bond donors (Lipinski definition) is 2. The maximum Gasteiger partial charge on any atom is 0.291 e. The second-order valence-corrected chi connectivity index (χ2v) is 3.71. The summed E-state index contributed by atoms with van der Waals surface area (Å²) in [5.41, 5.74) is 2.80. The number of anilines is 1. The number of carbonyl (C=O) groups is 1. The van der Waals surface area contributed by atoms with Gasteiger partial charge in [0.2, 0.25) is 12.1 Å². The fourth-order valence-corrected chi connectivity index (χ4v) is 1.62. The Balaban J connectivity index is 2.46. The van der Waals surface area contributed by atoms with Crippen molar-refractivity contribution < 1.29 is 9.32 Å². The van der Waals surface area contributed by atoms with Gasteiger partial charge in [0.1, 0.15) is 0 Å². The lowest BCUT2D eigenvalue weighted by Gasteiger charge is -2.08. The van der Waals surface area contributed by atoms with Crippen LogP contribution in [0.15, 0.2) is 22.7 Å². The van der Waals surface area contributed by atoms with Crippen LogP contribution in [0.2, 0.25) is 0 Å². The van der Waals surface area contributed by atoms with Gasteiger partial charge >= 0.3 is 0 Å². The van der Waals surface area contributed by atoms with Gasteiger partial charge in [0.25, 0.3) is 5.89 Å². The summed E-state index contributed by atoms with van der Waals surface area (Å²) < 4.78 is 4.73. The van der Waals surface area contributed by atoms with Gasteiger partial charge in [-0.15, -0.1) is 0 Å². The predicted octanol–water partition coefficient (Wildman–Crippen LogP) is 1.98. The lowest BCUT2D eigenvalue weighted by molar-refractivity contribution is 0.108. The summed E-state index contributed by atoms with van der Waals surface area (Å²) in [6, 6.07) is 5.40. The van der Waals surface area contributed by atoms with Crippen molar-refractivity contribution >= 4 is 17.7 Å². The van der Waals surface area contributed by atoms with Crippen LogP contribution in [0, 0.1) is 5.41 Å². The summed E-state index contributed by atoms with van der Waals surface area (Å²) in [5.74, 6) is 0.297. The van der Waals surface area contributed by atoms with Crippen LogP contribution in [0.5, 0.6) is 0 Å². The third-order valence-corrected chi connectivity index (χ3v) is 2.49. The highest BCUT2D eigenvalue weighted by molar-refractivity contribution is 6.02. The largest absolute Gasteiger partial charge is 0.388 e. The van der Waals surface area contributed by atoms with Crippen molar-refractivity contribution in [3.63, 3.8) is 0 Å². The normalized spacial score (nSPS) is 10.1. The van der Waals surface area contributed by atoms with Crippen LogP contribution >= 0.6 is 0 Å². The lowest BCUT2D eigenvalue weighted by atomic mass is 10.1. The predicted molar refractivity (Wildman–Crippen MR) is 67.2 cm³/mol. The van der Waals surface area contributed by atoms with Crippen LogP contribution in [-0.2, 0) is 0 Å². The number of rotatable bonds is 4. The van der Waals surface area contributed by atoms with E-state index in [0.29, 0.717) is 17.8 Å². The van der Waals surface area contributed by atoms with Crippen molar-refractivity contribution in [1.82, 2.24) is 10.1 Å². The molecule has 2 aromatic rings. The van der Waals surface area contributed by atoms with Crippen LogP contribution in [0.1, 0.15) is 23.2 Å². The zero-order chi connectivity index (χ0) is 13.1. The molecule has 18 heavy (non-hydrogen) atoms. The van der Waals surface area contributed by atoms with Gasteiger partial charge in [0.05, 0.1) is 0 Å². The molecule has 0 aliphatic heterocycles. The summed E-state index contributed by atoms with van der Waals surface area (Å²) in [5, 5.41) is 14.4. The number of carbonyl (C=O) groups excluding carboxylic acids is 1. The molecule has 0 bridgehead atoms. The van der Waals surface area contributed by atoms with Crippen molar-refractivity contribution in [2.45, 2.75) is 6.92 Å². The fourth-order valence-electron chi connectivity index (χ4n) is 1.62. The number of benzene rings is 1. The van der Waals surface area contributed by atoms with Crippen LogP contribution < -0.4 is 5.32 Å². The Morgan fingerprint density at radius 3 is 2.83 bits per heavy atom. The molecule has 0 aliphatic carbocycles. The van der Waals surface area contributed by atoms with Crippen molar-refractivity contribution in [2.75, 3.05) is 12.4 Å². The van der Waals surface area contributed by atoms with E-state index in [9.17, 15) is 4.79 Å². The molecule has 0 atom stereocenters. The highest BCUT2D eigenvalue weighted by Gasteiger charge is 2.11. The number of aromatic nitrogens is 2. The monoisotopic (exact) mass is 244 g/mol. The van der Waals surface area contributed by atoms with Gasteiger partial charge in [0.15, 0.2) is 0 Å². The van der Waals surface area contributed by atoms with Gasteiger partial charge in [-0.3, -0.25) is 4.79 Å². The molecule has 0 fully saturated rings. The standard InChI is InChI=1S/C12H12N4O2/c1-7(13)9-4-3-8(5-10(9)14-2)12-15-11(6-17)18-16-12/h3-6,13-14H,1-2H3. The Hall–Kier alpha value is -2.50. The van der Waals surface area contributed by atoms with E-state index in [4.69, 9.17) is 9.93 Å². The summed E-state index contributed by atoms with van der Waals surface area (Å²) in [4.78, 5) is 14.4.